The molecule has 0 aliphatic rings. The van der Waals surface area contributed by atoms with Crippen LogP contribution in [0.4, 0.5) is 0 Å². The first-order chi connectivity index (χ1) is 14.0. The third-order valence-corrected chi connectivity index (χ3v) is 5.18. The van der Waals surface area contributed by atoms with E-state index in [4.69, 9.17) is 16.3 Å². The second kappa shape index (κ2) is 9.57. The van der Waals surface area contributed by atoms with Gasteiger partial charge in [-0.15, -0.1) is 0 Å². The SMILES string of the molecule is CCOc1ccc([C@H](C/C(=N/O)c2ccnc(C)c2)c2ccc(Cl)cc2C)cc1. The number of benzene rings is 2. The molecule has 3 aromatic rings. The van der Waals surface area contributed by atoms with Crippen LogP contribution in [0.5, 0.6) is 5.75 Å². The molecule has 4 nitrogen and oxygen atoms in total. The van der Waals surface area contributed by atoms with Crippen LogP contribution in [-0.2, 0) is 0 Å². The summed E-state index contributed by atoms with van der Waals surface area (Å²) in [6.07, 6.45) is 2.27. The van der Waals surface area contributed by atoms with Gasteiger partial charge in [0, 0.05) is 34.8 Å². The molecule has 0 fully saturated rings. The van der Waals surface area contributed by atoms with Crippen LogP contribution in [0, 0.1) is 13.8 Å². The molecule has 3 rings (SSSR count). The van der Waals surface area contributed by atoms with Crippen LogP contribution >= 0.6 is 11.6 Å². The smallest absolute Gasteiger partial charge is 0.119 e. The van der Waals surface area contributed by atoms with E-state index in [1.54, 1.807) is 6.20 Å². The number of aryl methyl sites for hydroxylation is 2. The van der Waals surface area contributed by atoms with Crippen molar-refractivity contribution in [2.24, 2.45) is 5.16 Å². The van der Waals surface area contributed by atoms with Gasteiger partial charge in [-0.1, -0.05) is 35.0 Å². The number of rotatable bonds is 7. The van der Waals surface area contributed by atoms with E-state index in [1.807, 2.05) is 56.3 Å². The number of halogens is 1. The molecule has 1 atom stereocenters. The molecular weight excluding hydrogens is 384 g/mol. The number of hydrogen-bond donors (Lipinski definition) is 1. The minimum absolute atomic E-state index is 0.00214. The number of hydrogen-bond acceptors (Lipinski definition) is 4. The summed E-state index contributed by atoms with van der Waals surface area (Å²) < 4.78 is 5.58. The average molecular weight is 409 g/mol. The van der Waals surface area contributed by atoms with Gasteiger partial charge in [-0.05, 0) is 73.9 Å². The molecule has 0 aliphatic heterocycles. The lowest BCUT2D eigenvalue weighted by atomic mass is 9.83. The van der Waals surface area contributed by atoms with Crippen molar-refractivity contribution in [3.63, 3.8) is 0 Å². The van der Waals surface area contributed by atoms with Gasteiger partial charge < -0.3 is 9.94 Å². The van der Waals surface area contributed by atoms with E-state index in [9.17, 15) is 5.21 Å². The molecule has 0 saturated carbocycles. The van der Waals surface area contributed by atoms with Gasteiger partial charge in [0.05, 0.1) is 12.3 Å². The number of pyridine rings is 1. The molecule has 0 bridgehead atoms. The summed E-state index contributed by atoms with van der Waals surface area (Å²) in [5, 5.41) is 14.1. The van der Waals surface area contributed by atoms with E-state index >= 15 is 0 Å². The van der Waals surface area contributed by atoms with Crippen molar-refractivity contribution in [1.82, 2.24) is 4.98 Å². The van der Waals surface area contributed by atoms with E-state index in [-0.39, 0.29) is 5.92 Å². The highest BCUT2D eigenvalue weighted by Gasteiger charge is 2.21. The zero-order valence-corrected chi connectivity index (χ0v) is 17.6. The third kappa shape index (κ3) is 5.15. The Morgan fingerprint density at radius 2 is 1.86 bits per heavy atom. The minimum atomic E-state index is 0.00214. The maximum Gasteiger partial charge on any atom is 0.119 e. The Balaban J connectivity index is 2.02. The van der Waals surface area contributed by atoms with Crippen LogP contribution < -0.4 is 4.74 Å². The number of aromatic nitrogens is 1. The van der Waals surface area contributed by atoms with Gasteiger partial charge in [0.25, 0.3) is 0 Å². The first-order valence-corrected chi connectivity index (χ1v) is 10.0. The molecule has 5 heteroatoms. The predicted octanol–water partition coefficient (Wildman–Crippen LogP) is 6.15. The molecule has 0 unspecified atom stereocenters. The normalized spacial score (nSPS) is 12.6. The number of ether oxygens (including phenoxy) is 1. The maximum atomic E-state index is 9.77. The highest BCUT2D eigenvalue weighted by atomic mass is 35.5. The predicted molar refractivity (Wildman–Crippen MR) is 118 cm³/mol. The second-order valence-corrected chi connectivity index (χ2v) is 7.43. The fourth-order valence-electron chi connectivity index (χ4n) is 3.54. The van der Waals surface area contributed by atoms with Gasteiger partial charge in [0.15, 0.2) is 0 Å². The van der Waals surface area contributed by atoms with Crippen LogP contribution in [0.1, 0.15) is 47.2 Å². The van der Waals surface area contributed by atoms with E-state index in [0.717, 1.165) is 33.7 Å². The van der Waals surface area contributed by atoms with Gasteiger partial charge in [0.2, 0.25) is 0 Å². The summed E-state index contributed by atoms with van der Waals surface area (Å²) in [7, 11) is 0. The summed E-state index contributed by atoms with van der Waals surface area (Å²) in [5.41, 5.74) is 5.71. The van der Waals surface area contributed by atoms with Crippen LogP contribution in [0.25, 0.3) is 0 Å². The molecule has 2 aromatic carbocycles. The zero-order chi connectivity index (χ0) is 20.8. The Bertz CT molecular complexity index is 1000. The van der Waals surface area contributed by atoms with Crippen LogP contribution in [0.15, 0.2) is 65.9 Å². The van der Waals surface area contributed by atoms with Gasteiger partial charge >= 0.3 is 0 Å². The largest absolute Gasteiger partial charge is 0.494 e. The molecular formula is C24H25ClN2O2. The third-order valence-electron chi connectivity index (χ3n) is 4.95. The molecule has 29 heavy (non-hydrogen) atoms. The van der Waals surface area contributed by atoms with Crippen molar-refractivity contribution in [1.29, 1.82) is 0 Å². The quantitative estimate of drug-likeness (QED) is 0.289. The Morgan fingerprint density at radius 1 is 1.10 bits per heavy atom. The molecule has 1 aromatic heterocycles. The fraction of sp³-hybridized carbons (Fsp3) is 0.250. The standard InChI is InChI=1S/C24H25ClN2O2/c1-4-29-21-8-5-18(6-9-21)23(22-10-7-20(25)13-16(22)2)15-24(27-28)19-11-12-26-17(3)14-19/h5-14,23,28H,4,15H2,1-3H3/b27-24-/t23-/m0/s1. The van der Waals surface area contributed by atoms with Crippen molar-refractivity contribution < 1.29 is 9.94 Å². The topological polar surface area (TPSA) is 54.7 Å². The summed E-state index contributed by atoms with van der Waals surface area (Å²) in [6.45, 7) is 6.57. The molecule has 1 N–H and O–H groups in total. The zero-order valence-electron chi connectivity index (χ0n) is 16.9. The van der Waals surface area contributed by atoms with Crippen molar-refractivity contribution in [3.05, 3.63) is 93.8 Å². The minimum Gasteiger partial charge on any atom is -0.494 e. The summed E-state index contributed by atoms with van der Waals surface area (Å²) in [6, 6.07) is 17.8. The van der Waals surface area contributed by atoms with Crippen molar-refractivity contribution in [2.75, 3.05) is 6.61 Å². The molecule has 0 radical (unpaired) electrons. The van der Waals surface area contributed by atoms with Gasteiger partial charge in [-0.25, -0.2) is 0 Å². The highest BCUT2D eigenvalue weighted by molar-refractivity contribution is 6.30. The Morgan fingerprint density at radius 3 is 2.48 bits per heavy atom. The summed E-state index contributed by atoms with van der Waals surface area (Å²) in [4.78, 5) is 4.24. The average Bonchev–Trinajstić information content (AvgIpc) is 2.71. The molecule has 0 amide bonds. The lowest BCUT2D eigenvalue weighted by molar-refractivity contribution is 0.317. The fourth-order valence-corrected chi connectivity index (χ4v) is 3.76. The lowest BCUT2D eigenvalue weighted by Crippen LogP contribution is -2.12. The maximum absolute atomic E-state index is 9.77. The highest BCUT2D eigenvalue weighted by Crippen LogP contribution is 2.34. The van der Waals surface area contributed by atoms with Gasteiger partial charge in [0.1, 0.15) is 5.75 Å². The summed E-state index contributed by atoms with van der Waals surface area (Å²) >= 11 is 6.18. The van der Waals surface area contributed by atoms with Crippen molar-refractivity contribution in [3.8, 4) is 5.75 Å². The monoisotopic (exact) mass is 408 g/mol. The first-order valence-electron chi connectivity index (χ1n) is 9.64. The van der Waals surface area contributed by atoms with Crippen molar-refractivity contribution >= 4 is 17.3 Å². The summed E-state index contributed by atoms with van der Waals surface area (Å²) in [5.74, 6) is 0.839. The van der Waals surface area contributed by atoms with Crippen LogP contribution in [0.3, 0.4) is 0 Å². The Hall–Kier alpha value is -2.85. The van der Waals surface area contributed by atoms with Gasteiger partial charge in [-0.2, -0.15) is 0 Å². The molecule has 0 saturated heterocycles. The van der Waals surface area contributed by atoms with Crippen molar-refractivity contribution in [2.45, 2.75) is 33.1 Å². The first kappa shape index (κ1) is 20.9. The number of oxime groups is 1. The van der Waals surface area contributed by atoms with E-state index in [1.165, 1.54) is 0 Å². The Kier molecular flexibility index (Phi) is 6.89. The number of nitrogens with zero attached hydrogens (tertiary/aromatic N) is 2. The second-order valence-electron chi connectivity index (χ2n) is 6.99. The molecule has 1 heterocycles. The Labute approximate surface area is 176 Å². The molecule has 150 valence electrons. The van der Waals surface area contributed by atoms with Crippen LogP contribution in [-0.4, -0.2) is 22.5 Å². The van der Waals surface area contributed by atoms with E-state index in [0.29, 0.717) is 23.8 Å². The van der Waals surface area contributed by atoms with Gasteiger partial charge in [-0.3, -0.25) is 4.98 Å². The molecule has 0 spiro atoms. The molecule has 0 aliphatic carbocycles. The van der Waals surface area contributed by atoms with E-state index < -0.39 is 0 Å². The lowest BCUT2D eigenvalue weighted by Gasteiger charge is -2.21. The van der Waals surface area contributed by atoms with Crippen LogP contribution in [0.2, 0.25) is 5.02 Å². The van der Waals surface area contributed by atoms with E-state index in [2.05, 4.69) is 29.2 Å².